The minimum atomic E-state index is -0.285. The first-order valence-electron chi connectivity index (χ1n) is 6.38. The van der Waals surface area contributed by atoms with E-state index in [1.165, 1.54) is 12.1 Å². The number of hydrogen-bond donors (Lipinski definition) is 1. The average molecular weight is 287 g/mol. The van der Waals surface area contributed by atoms with Crippen LogP contribution in [0.15, 0.2) is 24.3 Å². The molecule has 1 heterocycles. The number of likely N-dealkylation sites (tertiary alicyclic amines) is 1. The maximum Gasteiger partial charge on any atom is 0.227 e. The van der Waals surface area contributed by atoms with Gasteiger partial charge in [-0.25, -0.2) is 4.39 Å². The molecular weight excluding hydrogens is 267 g/mol. The SMILES string of the molecule is CNC1CCCN(C(=O)Cc2cccc(F)c2)C1.Cl. The van der Waals surface area contributed by atoms with Crippen molar-refractivity contribution in [3.05, 3.63) is 35.6 Å². The third kappa shape index (κ3) is 4.48. The number of piperidine rings is 1. The third-order valence-corrected chi connectivity index (χ3v) is 3.43. The van der Waals surface area contributed by atoms with Crippen LogP contribution in [0.2, 0.25) is 0 Å². The largest absolute Gasteiger partial charge is 0.341 e. The second-order valence-electron chi connectivity index (χ2n) is 4.77. The summed E-state index contributed by atoms with van der Waals surface area (Å²) in [7, 11) is 1.92. The Bertz CT molecular complexity index is 428. The Morgan fingerprint density at radius 3 is 3.00 bits per heavy atom. The lowest BCUT2D eigenvalue weighted by molar-refractivity contribution is -0.131. The van der Waals surface area contributed by atoms with Gasteiger partial charge in [-0.05, 0) is 37.6 Å². The summed E-state index contributed by atoms with van der Waals surface area (Å²) in [4.78, 5) is 14.0. The van der Waals surface area contributed by atoms with Gasteiger partial charge >= 0.3 is 0 Å². The molecule has 1 N–H and O–H groups in total. The molecule has 106 valence electrons. The molecule has 1 saturated heterocycles. The monoisotopic (exact) mass is 286 g/mol. The molecule has 0 aromatic heterocycles. The van der Waals surface area contributed by atoms with E-state index in [0.29, 0.717) is 6.04 Å². The van der Waals surface area contributed by atoms with Crippen molar-refractivity contribution in [2.45, 2.75) is 25.3 Å². The van der Waals surface area contributed by atoms with Gasteiger partial charge in [0.05, 0.1) is 6.42 Å². The van der Waals surface area contributed by atoms with Crippen LogP contribution in [0.25, 0.3) is 0 Å². The summed E-state index contributed by atoms with van der Waals surface area (Å²) in [6.07, 6.45) is 2.43. The fraction of sp³-hybridized carbons (Fsp3) is 0.500. The number of carbonyl (C=O) groups excluding carboxylic acids is 1. The normalized spacial score (nSPS) is 18.8. The highest BCUT2D eigenvalue weighted by molar-refractivity contribution is 5.85. The van der Waals surface area contributed by atoms with E-state index in [9.17, 15) is 9.18 Å². The summed E-state index contributed by atoms with van der Waals surface area (Å²) in [6, 6.07) is 6.64. The van der Waals surface area contributed by atoms with Crippen molar-refractivity contribution in [3.8, 4) is 0 Å². The van der Waals surface area contributed by atoms with Gasteiger partial charge < -0.3 is 10.2 Å². The maximum atomic E-state index is 13.0. The zero-order valence-electron chi connectivity index (χ0n) is 11.1. The molecule has 0 saturated carbocycles. The predicted octanol–water partition coefficient (Wildman–Crippen LogP) is 2.00. The van der Waals surface area contributed by atoms with E-state index in [4.69, 9.17) is 0 Å². The lowest BCUT2D eigenvalue weighted by Crippen LogP contribution is -2.47. The van der Waals surface area contributed by atoms with Gasteiger partial charge in [-0.2, -0.15) is 0 Å². The first kappa shape index (κ1) is 15.9. The van der Waals surface area contributed by atoms with E-state index in [2.05, 4.69) is 5.32 Å². The highest BCUT2D eigenvalue weighted by Gasteiger charge is 2.22. The van der Waals surface area contributed by atoms with Gasteiger partial charge in [-0.3, -0.25) is 4.79 Å². The highest BCUT2D eigenvalue weighted by atomic mass is 35.5. The molecule has 1 amide bonds. The molecule has 3 nitrogen and oxygen atoms in total. The van der Waals surface area contributed by atoms with Crippen LogP contribution in [0.5, 0.6) is 0 Å². The van der Waals surface area contributed by atoms with E-state index >= 15 is 0 Å². The van der Waals surface area contributed by atoms with E-state index in [1.54, 1.807) is 12.1 Å². The van der Waals surface area contributed by atoms with Crippen LogP contribution in [0.3, 0.4) is 0 Å². The standard InChI is InChI=1S/C14H19FN2O.ClH/c1-16-13-6-3-7-17(10-13)14(18)9-11-4-2-5-12(15)8-11;/h2,4-5,8,13,16H,3,6-7,9-10H2,1H3;1H. The smallest absolute Gasteiger partial charge is 0.227 e. The van der Waals surface area contributed by atoms with Gasteiger partial charge in [-0.15, -0.1) is 12.4 Å². The van der Waals surface area contributed by atoms with Crippen molar-refractivity contribution in [3.63, 3.8) is 0 Å². The Morgan fingerprint density at radius 2 is 2.32 bits per heavy atom. The molecule has 1 unspecified atom stereocenters. The number of benzene rings is 1. The first-order chi connectivity index (χ1) is 8.69. The summed E-state index contributed by atoms with van der Waals surface area (Å²) in [5.74, 6) is -0.201. The van der Waals surface area contributed by atoms with Gasteiger partial charge in [0.25, 0.3) is 0 Å². The van der Waals surface area contributed by atoms with Crippen molar-refractivity contribution < 1.29 is 9.18 Å². The topological polar surface area (TPSA) is 32.3 Å². The number of carbonyl (C=O) groups is 1. The number of hydrogen-bond acceptors (Lipinski definition) is 2. The summed E-state index contributed by atoms with van der Waals surface area (Å²) >= 11 is 0. The minimum absolute atomic E-state index is 0. The van der Waals surface area contributed by atoms with Crippen LogP contribution in [0, 0.1) is 5.82 Å². The Kier molecular flexibility index (Phi) is 6.25. The molecule has 2 rings (SSSR count). The van der Waals surface area contributed by atoms with Gasteiger partial charge in [0, 0.05) is 19.1 Å². The van der Waals surface area contributed by atoms with Crippen molar-refractivity contribution in [1.82, 2.24) is 10.2 Å². The molecule has 1 fully saturated rings. The second-order valence-corrected chi connectivity index (χ2v) is 4.77. The molecule has 0 aliphatic carbocycles. The number of halogens is 2. The Hall–Kier alpha value is -1.13. The molecule has 0 spiro atoms. The van der Waals surface area contributed by atoms with Crippen LogP contribution >= 0.6 is 12.4 Å². The predicted molar refractivity (Wildman–Crippen MR) is 76.0 cm³/mol. The molecule has 5 heteroatoms. The number of amides is 1. The minimum Gasteiger partial charge on any atom is -0.341 e. The zero-order valence-corrected chi connectivity index (χ0v) is 11.9. The molecule has 0 radical (unpaired) electrons. The number of rotatable bonds is 3. The van der Waals surface area contributed by atoms with Crippen molar-refractivity contribution in [1.29, 1.82) is 0 Å². The van der Waals surface area contributed by atoms with Crippen LogP contribution in [-0.2, 0) is 11.2 Å². The second kappa shape index (κ2) is 7.46. The van der Waals surface area contributed by atoms with Crippen molar-refractivity contribution >= 4 is 18.3 Å². The fourth-order valence-electron chi connectivity index (χ4n) is 2.37. The van der Waals surface area contributed by atoms with Crippen LogP contribution in [0.4, 0.5) is 4.39 Å². The van der Waals surface area contributed by atoms with Gasteiger partial charge in [-0.1, -0.05) is 12.1 Å². The van der Waals surface area contributed by atoms with Gasteiger partial charge in [0.2, 0.25) is 5.91 Å². The quantitative estimate of drug-likeness (QED) is 0.922. The maximum absolute atomic E-state index is 13.0. The number of nitrogens with one attached hydrogen (secondary N) is 1. The van der Waals surface area contributed by atoms with E-state index in [1.807, 2.05) is 11.9 Å². The first-order valence-corrected chi connectivity index (χ1v) is 6.38. The van der Waals surface area contributed by atoms with Crippen molar-refractivity contribution in [2.75, 3.05) is 20.1 Å². The highest BCUT2D eigenvalue weighted by Crippen LogP contribution is 2.12. The average Bonchev–Trinajstić information content (AvgIpc) is 2.39. The van der Waals surface area contributed by atoms with Crippen molar-refractivity contribution in [2.24, 2.45) is 0 Å². The van der Waals surface area contributed by atoms with Crippen LogP contribution in [0.1, 0.15) is 18.4 Å². The molecule has 1 aliphatic rings. The Morgan fingerprint density at radius 1 is 1.53 bits per heavy atom. The fourth-order valence-corrected chi connectivity index (χ4v) is 2.37. The summed E-state index contributed by atoms with van der Waals surface area (Å²) in [5, 5.41) is 3.21. The zero-order chi connectivity index (χ0) is 13.0. The van der Waals surface area contributed by atoms with E-state index in [-0.39, 0.29) is 30.6 Å². The van der Waals surface area contributed by atoms with Crippen LogP contribution < -0.4 is 5.32 Å². The molecule has 0 bridgehead atoms. The number of likely N-dealkylation sites (N-methyl/N-ethyl adjacent to an activating group) is 1. The summed E-state index contributed by atoms with van der Waals surface area (Å²) < 4.78 is 13.0. The molecule has 19 heavy (non-hydrogen) atoms. The molecule has 1 aromatic carbocycles. The van der Waals surface area contributed by atoms with E-state index < -0.39 is 0 Å². The third-order valence-electron chi connectivity index (χ3n) is 3.43. The van der Waals surface area contributed by atoms with E-state index in [0.717, 1.165) is 31.5 Å². The van der Waals surface area contributed by atoms with Gasteiger partial charge in [0.15, 0.2) is 0 Å². The summed E-state index contributed by atoms with van der Waals surface area (Å²) in [5.41, 5.74) is 0.742. The Labute approximate surface area is 119 Å². The molecule has 1 aliphatic heterocycles. The molecule has 1 atom stereocenters. The van der Waals surface area contributed by atoms with Crippen LogP contribution in [-0.4, -0.2) is 37.0 Å². The lowest BCUT2D eigenvalue weighted by Gasteiger charge is -2.32. The number of nitrogens with zero attached hydrogens (tertiary/aromatic N) is 1. The lowest BCUT2D eigenvalue weighted by atomic mass is 10.0. The molecular formula is C14H20ClFN2O. The van der Waals surface area contributed by atoms with Gasteiger partial charge in [0.1, 0.15) is 5.82 Å². The summed E-state index contributed by atoms with van der Waals surface area (Å²) in [6.45, 7) is 1.57. The Balaban J connectivity index is 0.00000180. The molecule has 1 aromatic rings.